The summed E-state index contributed by atoms with van der Waals surface area (Å²) in [5, 5.41) is 0. The van der Waals surface area contributed by atoms with Gasteiger partial charge in [-0.1, -0.05) is 6.42 Å². The standard InChI is InChI=1S/C11H22N2O/c1-3-13(4-2)11(14)10-12-8-6-5-7-9-12/h3-10H2,1-2H3. The number of carbonyl (C=O) groups is 1. The molecule has 3 heteroatoms. The zero-order valence-electron chi connectivity index (χ0n) is 9.46. The number of nitrogens with zero attached hydrogens (tertiary/aromatic N) is 2. The molecule has 3 nitrogen and oxygen atoms in total. The smallest absolute Gasteiger partial charge is 0.236 e. The van der Waals surface area contributed by atoms with E-state index in [0.29, 0.717) is 6.54 Å². The van der Waals surface area contributed by atoms with Crippen LogP contribution < -0.4 is 0 Å². The van der Waals surface area contributed by atoms with Crippen LogP contribution in [0.15, 0.2) is 0 Å². The van der Waals surface area contributed by atoms with Gasteiger partial charge in [0.25, 0.3) is 0 Å². The SMILES string of the molecule is CCN(CC)C(=O)CN1CCCCC1. The number of rotatable bonds is 4. The predicted molar refractivity (Wildman–Crippen MR) is 58.2 cm³/mol. The first-order valence-electron chi connectivity index (χ1n) is 5.78. The van der Waals surface area contributed by atoms with E-state index in [0.717, 1.165) is 26.2 Å². The molecule has 14 heavy (non-hydrogen) atoms. The summed E-state index contributed by atoms with van der Waals surface area (Å²) in [6.45, 7) is 8.59. The van der Waals surface area contributed by atoms with E-state index in [1.165, 1.54) is 19.3 Å². The van der Waals surface area contributed by atoms with Gasteiger partial charge in [-0.2, -0.15) is 0 Å². The molecule has 82 valence electrons. The van der Waals surface area contributed by atoms with Crippen LogP contribution in [-0.4, -0.2) is 48.4 Å². The number of carbonyl (C=O) groups excluding carboxylic acids is 1. The van der Waals surface area contributed by atoms with E-state index < -0.39 is 0 Å². The number of hydrogen-bond donors (Lipinski definition) is 0. The van der Waals surface area contributed by atoms with E-state index in [4.69, 9.17) is 0 Å². The van der Waals surface area contributed by atoms with Crippen molar-refractivity contribution in [2.24, 2.45) is 0 Å². The van der Waals surface area contributed by atoms with Crippen molar-refractivity contribution in [3.63, 3.8) is 0 Å². The van der Waals surface area contributed by atoms with Gasteiger partial charge in [-0.3, -0.25) is 9.69 Å². The minimum absolute atomic E-state index is 0.289. The third kappa shape index (κ3) is 3.29. The lowest BCUT2D eigenvalue weighted by Crippen LogP contribution is -2.42. The Bertz CT molecular complexity index is 172. The zero-order valence-corrected chi connectivity index (χ0v) is 9.46. The monoisotopic (exact) mass is 198 g/mol. The number of piperidine rings is 1. The fourth-order valence-electron chi connectivity index (χ4n) is 1.99. The lowest BCUT2D eigenvalue weighted by Gasteiger charge is -2.28. The molecular formula is C11H22N2O. The Morgan fingerprint density at radius 1 is 1.14 bits per heavy atom. The molecule has 0 spiro atoms. The van der Waals surface area contributed by atoms with Crippen molar-refractivity contribution in [2.75, 3.05) is 32.7 Å². The number of amides is 1. The van der Waals surface area contributed by atoms with Gasteiger partial charge in [-0.25, -0.2) is 0 Å². The maximum Gasteiger partial charge on any atom is 0.236 e. The van der Waals surface area contributed by atoms with Crippen molar-refractivity contribution in [2.45, 2.75) is 33.1 Å². The zero-order chi connectivity index (χ0) is 10.4. The van der Waals surface area contributed by atoms with Crippen LogP contribution in [0.5, 0.6) is 0 Å². The summed E-state index contributed by atoms with van der Waals surface area (Å²) in [6.07, 6.45) is 3.84. The Hall–Kier alpha value is -0.570. The molecule has 0 aromatic heterocycles. The van der Waals surface area contributed by atoms with Gasteiger partial charge < -0.3 is 4.90 Å². The van der Waals surface area contributed by atoms with Crippen LogP contribution in [-0.2, 0) is 4.79 Å². The minimum atomic E-state index is 0.289. The second kappa shape index (κ2) is 6.02. The van der Waals surface area contributed by atoms with Crippen molar-refractivity contribution in [3.8, 4) is 0 Å². The van der Waals surface area contributed by atoms with Crippen LogP contribution >= 0.6 is 0 Å². The largest absolute Gasteiger partial charge is 0.342 e. The normalized spacial score (nSPS) is 18.1. The van der Waals surface area contributed by atoms with Gasteiger partial charge in [-0.05, 0) is 39.8 Å². The summed E-state index contributed by atoms with van der Waals surface area (Å²) in [5.41, 5.74) is 0. The fraction of sp³-hybridized carbons (Fsp3) is 0.909. The topological polar surface area (TPSA) is 23.6 Å². The highest BCUT2D eigenvalue weighted by Crippen LogP contribution is 2.08. The third-order valence-electron chi connectivity index (χ3n) is 2.92. The molecule has 1 saturated heterocycles. The quantitative estimate of drug-likeness (QED) is 0.680. The molecule has 1 rings (SSSR count). The maximum atomic E-state index is 11.8. The first-order valence-corrected chi connectivity index (χ1v) is 5.78. The van der Waals surface area contributed by atoms with Crippen molar-refractivity contribution < 1.29 is 4.79 Å². The Labute approximate surface area is 87.1 Å². The molecule has 1 heterocycles. The van der Waals surface area contributed by atoms with E-state index in [-0.39, 0.29) is 5.91 Å². The van der Waals surface area contributed by atoms with Gasteiger partial charge in [0, 0.05) is 13.1 Å². The number of likely N-dealkylation sites (N-methyl/N-ethyl adjacent to an activating group) is 1. The minimum Gasteiger partial charge on any atom is -0.342 e. The maximum absolute atomic E-state index is 11.8. The van der Waals surface area contributed by atoms with E-state index >= 15 is 0 Å². The van der Waals surface area contributed by atoms with Crippen molar-refractivity contribution in [1.82, 2.24) is 9.80 Å². The van der Waals surface area contributed by atoms with Crippen LogP contribution in [0.1, 0.15) is 33.1 Å². The van der Waals surface area contributed by atoms with Crippen LogP contribution in [0.25, 0.3) is 0 Å². The fourth-order valence-corrected chi connectivity index (χ4v) is 1.99. The Kier molecular flexibility index (Phi) is 4.94. The Morgan fingerprint density at radius 2 is 1.71 bits per heavy atom. The molecule has 1 aliphatic heterocycles. The molecule has 1 amide bonds. The molecule has 0 atom stereocenters. The molecule has 0 bridgehead atoms. The van der Waals surface area contributed by atoms with Crippen LogP contribution in [0.3, 0.4) is 0 Å². The predicted octanol–water partition coefficient (Wildman–Crippen LogP) is 1.34. The average Bonchev–Trinajstić information content (AvgIpc) is 2.21. The van der Waals surface area contributed by atoms with E-state index in [9.17, 15) is 4.79 Å². The van der Waals surface area contributed by atoms with Gasteiger partial charge in [0.1, 0.15) is 0 Å². The van der Waals surface area contributed by atoms with Crippen molar-refractivity contribution in [1.29, 1.82) is 0 Å². The lowest BCUT2D eigenvalue weighted by molar-refractivity contribution is -0.132. The van der Waals surface area contributed by atoms with Gasteiger partial charge in [-0.15, -0.1) is 0 Å². The third-order valence-corrected chi connectivity index (χ3v) is 2.92. The molecule has 0 unspecified atom stereocenters. The van der Waals surface area contributed by atoms with Gasteiger partial charge in [0.15, 0.2) is 0 Å². The summed E-state index contributed by atoms with van der Waals surface area (Å²) >= 11 is 0. The van der Waals surface area contributed by atoms with E-state index in [1.807, 2.05) is 18.7 Å². The summed E-state index contributed by atoms with van der Waals surface area (Å²) in [6, 6.07) is 0. The second-order valence-electron chi connectivity index (χ2n) is 3.90. The highest BCUT2D eigenvalue weighted by atomic mass is 16.2. The molecular weight excluding hydrogens is 176 g/mol. The van der Waals surface area contributed by atoms with Crippen molar-refractivity contribution in [3.05, 3.63) is 0 Å². The first kappa shape index (κ1) is 11.5. The molecule has 0 aromatic carbocycles. The average molecular weight is 198 g/mol. The molecule has 0 aromatic rings. The van der Waals surface area contributed by atoms with E-state index in [2.05, 4.69) is 4.90 Å². The van der Waals surface area contributed by atoms with Gasteiger partial charge in [0.2, 0.25) is 5.91 Å². The van der Waals surface area contributed by atoms with Crippen molar-refractivity contribution >= 4 is 5.91 Å². The summed E-state index contributed by atoms with van der Waals surface area (Å²) in [7, 11) is 0. The Morgan fingerprint density at radius 3 is 2.21 bits per heavy atom. The summed E-state index contributed by atoms with van der Waals surface area (Å²) < 4.78 is 0. The van der Waals surface area contributed by atoms with Crippen LogP contribution in [0, 0.1) is 0 Å². The molecule has 1 fully saturated rings. The number of hydrogen-bond acceptors (Lipinski definition) is 2. The molecule has 0 aliphatic carbocycles. The van der Waals surface area contributed by atoms with Crippen LogP contribution in [0.2, 0.25) is 0 Å². The summed E-state index contributed by atoms with van der Waals surface area (Å²) in [5.74, 6) is 0.289. The summed E-state index contributed by atoms with van der Waals surface area (Å²) in [4.78, 5) is 16.0. The molecule has 1 aliphatic rings. The number of likely N-dealkylation sites (tertiary alicyclic amines) is 1. The highest BCUT2D eigenvalue weighted by molar-refractivity contribution is 5.78. The highest BCUT2D eigenvalue weighted by Gasteiger charge is 2.16. The molecule has 0 radical (unpaired) electrons. The van der Waals surface area contributed by atoms with Crippen LogP contribution in [0.4, 0.5) is 0 Å². The first-order chi connectivity index (χ1) is 6.77. The molecule has 0 saturated carbocycles. The van der Waals surface area contributed by atoms with Gasteiger partial charge >= 0.3 is 0 Å². The Balaban J connectivity index is 2.30. The van der Waals surface area contributed by atoms with E-state index in [1.54, 1.807) is 0 Å². The van der Waals surface area contributed by atoms with Gasteiger partial charge in [0.05, 0.1) is 6.54 Å². The second-order valence-corrected chi connectivity index (χ2v) is 3.90. The lowest BCUT2D eigenvalue weighted by atomic mass is 10.1. The molecule has 0 N–H and O–H groups in total.